The van der Waals surface area contributed by atoms with E-state index >= 15 is 0 Å². The molecule has 1 aliphatic rings. The molecule has 1 aromatic carbocycles. The molecule has 1 saturated carbocycles. The van der Waals surface area contributed by atoms with Crippen molar-refractivity contribution in [2.24, 2.45) is 0 Å². The lowest BCUT2D eigenvalue weighted by atomic mass is 9.82. The summed E-state index contributed by atoms with van der Waals surface area (Å²) in [5.74, 6) is -2.14. The fraction of sp³-hybridized carbons (Fsp3) is 0.500. The first-order valence-electron chi connectivity index (χ1n) is 5.02. The van der Waals surface area contributed by atoms with Crippen molar-refractivity contribution in [3.05, 3.63) is 35.9 Å². The SMILES string of the molecule is FC1(F)CCC(c2[c]cccc2)CC1. The highest BCUT2D eigenvalue weighted by Crippen LogP contribution is 2.40. The standard InChI is InChI=1S/C12H13F2/c13-12(14)8-6-11(7-9-12)10-4-2-1-3-5-10/h1-4,11H,6-9H2. The van der Waals surface area contributed by atoms with Crippen LogP contribution in [0.3, 0.4) is 0 Å². The second-order valence-electron chi connectivity index (χ2n) is 3.95. The summed E-state index contributed by atoms with van der Waals surface area (Å²) < 4.78 is 25.8. The van der Waals surface area contributed by atoms with Crippen LogP contribution in [0.1, 0.15) is 37.2 Å². The third-order valence-electron chi connectivity index (χ3n) is 2.89. The third-order valence-corrected chi connectivity index (χ3v) is 2.89. The molecule has 0 N–H and O–H groups in total. The molecular formula is C12H13F2. The molecule has 0 unspecified atom stereocenters. The molecule has 0 aliphatic heterocycles. The highest BCUT2D eigenvalue weighted by molar-refractivity contribution is 5.18. The van der Waals surface area contributed by atoms with Gasteiger partial charge in [0.15, 0.2) is 0 Å². The minimum Gasteiger partial charge on any atom is -0.207 e. The predicted molar refractivity (Wildman–Crippen MR) is 51.4 cm³/mol. The second-order valence-corrected chi connectivity index (χ2v) is 3.95. The van der Waals surface area contributed by atoms with Gasteiger partial charge in [-0.15, -0.1) is 0 Å². The Morgan fingerprint density at radius 1 is 1.21 bits per heavy atom. The van der Waals surface area contributed by atoms with Crippen LogP contribution in [0, 0.1) is 6.07 Å². The van der Waals surface area contributed by atoms with Crippen LogP contribution in [0.5, 0.6) is 0 Å². The lowest BCUT2D eigenvalue weighted by Crippen LogP contribution is -2.23. The van der Waals surface area contributed by atoms with Crippen molar-refractivity contribution in [3.8, 4) is 0 Å². The number of halogens is 2. The van der Waals surface area contributed by atoms with Crippen molar-refractivity contribution in [1.29, 1.82) is 0 Å². The van der Waals surface area contributed by atoms with Crippen LogP contribution < -0.4 is 0 Å². The Bertz CT molecular complexity index is 282. The van der Waals surface area contributed by atoms with Crippen LogP contribution in [0.15, 0.2) is 24.3 Å². The first-order valence-corrected chi connectivity index (χ1v) is 5.02. The van der Waals surface area contributed by atoms with Crippen LogP contribution in [0.4, 0.5) is 8.78 Å². The Hall–Kier alpha value is -0.920. The monoisotopic (exact) mass is 195 g/mol. The zero-order valence-electron chi connectivity index (χ0n) is 7.97. The predicted octanol–water partition coefficient (Wildman–Crippen LogP) is 3.78. The van der Waals surface area contributed by atoms with Crippen LogP contribution >= 0.6 is 0 Å². The van der Waals surface area contributed by atoms with Crippen molar-refractivity contribution in [3.63, 3.8) is 0 Å². The summed E-state index contributed by atoms with van der Waals surface area (Å²) in [6, 6.07) is 10.8. The topological polar surface area (TPSA) is 0 Å². The number of hydrogen-bond donors (Lipinski definition) is 0. The normalized spacial score (nSPS) is 22.1. The Morgan fingerprint density at radius 3 is 2.50 bits per heavy atom. The molecule has 0 nitrogen and oxygen atoms in total. The minimum absolute atomic E-state index is 0.0282. The number of alkyl halides is 2. The van der Waals surface area contributed by atoms with E-state index in [9.17, 15) is 8.78 Å². The van der Waals surface area contributed by atoms with Gasteiger partial charge in [0.25, 0.3) is 0 Å². The van der Waals surface area contributed by atoms with Crippen molar-refractivity contribution in [2.45, 2.75) is 37.5 Å². The van der Waals surface area contributed by atoms with E-state index in [1.165, 1.54) is 0 Å². The molecule has 0 bridgehead atoms. The molecule has 1 radical (unpaired) electrons. The van der Waals surface area contributed by atoms with Crippen molar-refractivity contribution in [2.75, 3.05) is 0 Å². The molecule has 1 aliphatic carbocycles. The molecular weight excluding hydrogens is 182 g/mol. The molecule has 0 amide bonds. The Morgan fingerprint density at radius 2 is 1.93 bits per heavy atom. The molecule has 0 atom stereocenters. The highest BCUT2D eigenvalue weighted by atomic mass is 19.3. The fourth-order valence-corrected chi connectivity index (χ4v) is 2.01. The molecule has 1 aromatic rings. The van der Waals surface area contributed by atoms with Crippen molar-refractivity contribution < 1.29 is 8.78 Å². The molecule has 2 heteroatoms. The van der Waals surface area contributed by atoms with Crippen LogP contribution in [-0.4, -0.2) is 5.92 Å². The molecule has 0 aromatic heterocycles. The summed E-state index contributed by atoms with van der Waals surface area (Å²) >= 11 is 0. The van der Waals surface area contributed by atoms with Gasteiger partial charge in [-0.25, -0.2) is 8.78 Å². The quantitative estimate of drug-likeness (QED) is 0.639. The molecule has 75 valence electrons. The molecule has 1 fully saturated rings. The maximum absolute atomic E-state index is 12.9. The minimum atomic E-state index is -2.43. The van der Waals surface area contributed by atoms with E-state index in [-0.39, 0.29) is 18.8 Å². The molecule has 2 rings (SSSR count). The molecule has 0 spiro atoms. The van der Waals surface area contributed by atoms with Gasteiger partial charge in [-0.1, -0.05) is 24.3 Å². The average molecular weight is 195 g/mol. The Kier molecular flexibility index (Phi) is 2.53. The summed E-state index contributed by atoms with van der Waals surface area (Å²) in [6.07, 6.45) is 1.24. The number of hydrogen-bond acceptors (Lipinski definition) is 0. The van der Waals surface area contributed by atoms with E-state index in [0.717, 1.165) is 5.56 Å². The third kappa shape index (κ3) is 2.11. The lowest BCUT2D eigenvalue weighted by Gasteiger charge is -2.28. The van der Waals surface area contributed by atoms with E-state index in [1.807, 2.05) is 24.3 Å². The van der Waals surface area contributed by atoms with E-state index in [1.54, 1.807) is 0 Å². The largest absolute Gasteiger partial charge is 0.248 e. The number of benzene rings is 1. The summed E-state index contributed by atoms with van der Waals surface area (Å²) in [7, 11) is 0. The Balaban J connectivity index is 2.03. The number of rotatable bonds is 1. The molecule has 14 heavy (non-hydrogen) atoms. The highest BCUT2D eigenvalue weighted by Gasteiger charge is 2.35. The smallest absolute Gasteiger partial charge is 0.207 e. The van der Waals surface area contributed by atoms with E-state index in [4.69, 9.17) is 0 Å². The van der Waals surface area contributed by atoms with Gasteiger partial charge in [0.05, 0.1) is 0 Å². The summed E-state index contributed by atoms with van der Waals surface area (Å²) in [4.78, 5) is 0. The van der Waals surface area contributed by atoms with E-state index in [2.05, 4.69) is 6.07 Å². The molecule has 0 heterocycles. The van der Waals surface area contributed by atoms with Crippen molar-refractivity contribution >= 4 is 0 Å². The summed E-state index contributed by atoms with van der Waals surface area (Å²) in [5.41, 5.74) is 1.09. The first kappa shape index (κ1) is 9.63. The van der Waals surface area contributed by atoms with E-state index < -0.39 is 5.92 Å². The fourth-order valence-electron chi connectivity index (χ4n) is 2.01. The van der Waals surface area contributed by atoms with E-state index in [0.29, 0.717) is 12.8 Å². The van der Waals surface area contributed by atoms with Gasteiger partial charge in [0, 0.05) is 12.8 Å². The zero-order valence-corrected chi connectivity index (χ0v) is 7.97. The van der Waals surface area contributed by atoms with Crippen molar-refractivity contribution in [1.82, 2.24) is 0 Å². The van der Waals surface area contributed by atoms with Gasteiger partial charge in [-0.05, 0) is 30.4 Å². The first-order chi connectivity index (χ1) is 6.67. The second kappa shape index (κ2) is 3.68. The van der Waals surface area contributed by atoms with Gasteiger partial charge in [-0.2, -0.15) is 0 Å². The zero-order chi connectivity index (χ0) is 10.0. The summed E-state index contributed by atoms with van der Waals surface area (Å²) in [6.45, 7) is 0. The van der Waals surface area contributed by atoms with Gasteiger partial charge < -0.3 is 0 Å². The summed E-state index contributed by atoms with van der Waals surface area (Å²) in [5, 5.41) is 0. The van der Waals surface area contributed by atoms with Gasteiger partial charge in [-0.3, -0.25) is 0 Å². The average Bonchev–Trinajstić information content (AvgIpc) is 2.19. The van der Waals surface area contributed by atoms with Gasteiger partial charge in [0.1, 0.15) is 0 Å². The van der Waals surface area contributed by atoms with Crippen LogP contribution in [0.2, 0.25) is 0 Å². The Labute approximate surface area is 82.9 Å². The maximum atomic E-state index is 12.9. The van der Waals surface area contributed by atoms with Gasteiger partial charge in [0.2, 0.25) is 5.92 Å². The maximum Gasteiger partial charge on any atom is 0.248 e. The van der Waals surface area contributed by atoms with Gasteiger partial charge >= 0.3 is 0 Å². The van der Waals surface area contributed by atoms with Crippen LogP contribution in [0.25, 0.3) is 0 Å². The van der Waals surface area contributed by atoms with Crippen LogP contribution in [-0.2, 0) is 0 Å². The lowest BCUT2D eigenvalue weighted by molar-refractivity contribution is -0.0382. The molecule has 0 saturated heterocycles.